The molecule has 1 aliphatic rings. The van der Waals surface area contributed by atoms with Gasteiger partial charge >= 0.3 is 0 Å². The molecule has 0 spiro atoms. The molecule has 0 aliphatic carbocycles. The number of amides is 1. The summed E-state index contributed by atoms with van der Waals surface area (Å²) in [4.78, 5) is 22.8. The summed E-state index contributed by atoms with van der Waals surface area (Å²) in [6, 6.07) is 1.72. The number of ketones is 1. The summed E-state index contributed by atoms with van der Waals surface area (Å²) in [6.45, 7) is 0. The lowest BCUT2D eigenvalue weighted by molar-refractivity contribution is -0.112. The number of fused-ring (bicyclic) bond motifs is 1. The molecular formula is C9H5Br2NO3. The zero-order valence-electron chi connectivity index (χ0n) is 7.56. The van der Waals surface area contributed by atoms with Crippen LogP contribution in [0.25, 0.3) is 0 Å². The van der Waals surface area contributed by atoms with Gasteiger partial charge in [0.1, 0.15) is 5.75 Å². The van der Waals surface area contributed by atoms with E-state index in [0.717, 1.165) is 0 Å². The smallest absolute Gasteiger partial charge is 0.297 e. The molecule has 0 atom stereocenters. The number of nitrogens with one attached hydrogen (secondary N) is 1. The fraction of sp³-hybridized carbons (Fsp3) is 0.111. The molecule has 0 saturated heterocycles. The normalized spacial score (nSPS) is 13.8. The molecule has 1 aromatic rings. The highest BCUT2D eigenvalue weighted by molar-refractivity contribution is 9.11. The Morgan fingerprint density at radius 2 is 1.93 bits per heavy atom. The maximum absolute atomic E-state index is 11.5. The molecule has 4 nitrogen and oxygen atoms in total. The van der Waals surface area contributed by atoms with Crippen LogP contribution in [-0.4, -0.2) is 18.8 Å². The summed E-state index contributed by atoms with van der Waals surface area (Å²) >= 11 is 6.53. The number of halogens is 2. The van der Waals surface area contributed by atoms with Gasteiger partial charge in [-0.05, 0) is 37.9 Å². The number of hydrogen-bond donors (Lipinski definition) is 1. The summed E-state index contributed by atoms with van der Waals surface area (Å²) in [5.41, 5.74) is 0.730. The molecule has 1 aliphatic heterocycles. The lowest BCUT2D eigenvalue weighted by Gasteiger charge is -2.08. The van der Waals surface area contributed by atoms with E-state index in [1.54, 1.807) is 6.07 Å². The third kappa shape index (κ3) is 1.48. The fourth-order valence-corrected chi connectivity index (χ4v) is 2.85. The summed E-state index contributed by atoms with van der Waals surface area (Å²) in [6.07, 6.45) is 0. The van der Waals surface area contributed by atoms with E-state index in [0.29, 0.717) is 20.4 Å². The van der Waals surface area contributed by atoms with E-state index in [1.165, 1.54) is 7.11 Å². The van der Waals surface area contributed by atoms with Gasteiger partial charge in [-0.25, -0.2) is 0 Å². The first-order valence-electron chi connectivity index (χ1n) is 3.98. The first-order valence-corrected chi connectivity index (χ1v) is 5.56. The molecule has 6 heteroatoms. The first-order chi connectivity index (χ1) is 7.06. The van der Waals surface area contributed by atoms with Gasteiger partial charge < -0.3 is 10.1 Å². The first kappa shape index (κ1) is 10.6. The van der Waals surface area contributed by atoms with Gasteiger partial charge in [0.2, 0.25) is 0 Å². The van der Waals surface area contributed by atoms with Crippen molar-refractivity contribution in [1.29, 1.82) is 0 Å². The molecule has 1 heterocycles. The maximum atomic E-state index is 11.5. The monoisotopic (exact) mass is 333 g/mol. The molecule has 0 fully saturated rings. The Labute approximate surface area is 102 Å². The number of methoxy groups -OCH3 is 1. The highest BCUT2D eigenvalue weighted by Crippen LogP contribution is 2.42. The number of carbonyl (C=O) groups excluding carboxylic acids is 2. The lowest BCUT2D eigenvalue weighted by Crippen LogP contribution is -2.12. The van der Waals surface area contributed by atoms with Crippen LogP contribution in [0.4, 0.5) is 5.69 Å². The zero-order valence-corrected chi connectivity index (χ0v) is 10.7. The van der Waals surface area contributed by atoms with Crippen LogP contribution in [-0.2, 0) is 4.79 Å². The average Bonchev–Trinajstić information content (AvgIpc) is 2.46. The SMILES string of the molecule is COc1c(Br)cc(Br)c2c1C(=O)C(=O)N2. The number of anilines is 1. The van der Waals surface area contributed by atoms with Gasteiger partial charge in [-0.1, -0.05) is 0 Å². The Balaban J connectivity index is 2.78. The Hall–Kier alpha value is -0.880. The maximum Gasteiger partial charge on any atom is 0.297 e. The van der Waals surface area contributed by atoms with Crippen molar-refractivity contribution < 1.29 is 14.3 Å². The third-order valence-corrected chi connectivity index (χ3v) is 3.28. The Morgan fingerprint density at radius 1 is 1.27 bits per heavy atom. The molecule has 0 radical (unpaired) electrons. The molecule has 15 heavy (non-hydrogen) atoms. The number of rotatable bonds is 1. The van der Waals surface area contributed by atoms with Crippen molar-refractivity contribution in [3.05, 3.63) is 20.6 Å². The second-order valence-electron chi connectivity index (χ2n) is 2.91. The van der Waals surface area contributed by atoms with Crippen LogP contribution in [0, 0.1) is 0 Å². The van der Waals surface area contributed by atoms with E-state index in [2.05, 4.69) is 37.2 Å². The molecule has 0 saturated carbocycles. The Morgan fingerprint density at radius 3 is 2.53 bits per heavy atom. The van der Waals surface area contributed by atoms with Gasteiger partial charge in [0.05, 0.1) is 22.8 Å². The van der Waals surface area contributed by atoms with Gasteiger partial charge in [0.15, 0.2) is 0 Å². The van der Waals surface area contributed by atoms with Gasteiger partial charge in [0, 0.05) is 4.47 Å². The van der Waals surface area contributed by atoms with E-state index in [1.807, 2.05) is 0 Å². The van der Waals surface area contributed by atoms with Crippen molar-refractivity contribution in [3.63, 3.8) is 0 Å². The average molecular weight is 335 g/mol. The minimum atomic E-state index is -0.637. The van der Waals surface area contributed by atoms with Crippen LogP contribution in [0.15, 0.2) is 15.0 Å². The number of ether oxygens (including phenoxy) is 1. The number of Topliss-reactive ketones (excluding diaryl/α,β-unsaturated/α-hetero) is 1. The summed E-state index contributed by atoms with van der Waals surface area (Å²) in [5, 5.41) is 2.48. The number of carbonyl (C=O) groups is 2. The van der Waals surface area contributed by atoms with Crippen LogP contribution in [0.1, 0.15) is 10.4 Å². The second kappa shape index (κ2) is 3.61. The zero-order chi connectivity index (χ0) is 11.2. The van der Waals surface area contributed by atoms with Gasteiger partial charge in [0.25, 0.3) is 11.7 Å². The molecule has 78 valence electrons. The lowest BCUT2D eigenvalue weighted by atomic mass is 10.1. The van der Waals surface area contributed by atoms with Crippen LogP contribution >= 0.6 is 31.9 Å². The second-order valence-corrected chi connectivity index (χ2v) is 4.62. The van der Waals surface area contributed by atoms with E-state index < -0.39 is 11.7 Å². The molecule has 0 aromatic heterocycles. The van der Waals surface area contributed by atoms with Crippen LogP contribution in [0.2, 0.25) is 0 Å². The van der Waals surface area contributed by atoms with Gasteiger partial charge in [-0.2, -0.15) is 0 Å². The summed E-state index contributed by atoms with van der Waals surface area (Å²) in [7, 11) is 1.45. The van der Waals surface area contributed by atoms with Crippen molar-refractivity contribution in [3.8, 4) is 5.75 Å². The van der Waals surface area contributed by atoms with Crippen LogP contribution < -0.4 is 10.1 Å². The molecule has 1 N–H and O–H groups in total. The van der Waals surface area contributed by atoms with Crippen molar-refractivity contribution in [2.24, 2.45) is 0 Å². The van der Waals surface area contributed by atoms with Crippen LogP contribution in [0.5, 0.6) is 5.75 Å². The van der Waals surface area contributed by atoms with Crippen molar-refractivity contribution in [1.82, 2.24) is 0 Å². The van der Waals surface area contributed by atoms with Crippen molar-refractivity contribution in [2.45, 2.75) is 0 Å². The van der Waals surface area contributed by atoms with E-state index in [-0.39, 0.29) is 5.56 Å². The predicted molar refractivity (Wildman–Crippen MR) is 61.4 cm³/mol. The highest BCUT2D eigenvalue weighted by Gasteiger charge is 2.34. The minimum Gasteiger partial charge on any atom is -0.495 e. The molecule has 0 unspecified atom stereocenters. The fourth-order valence-electron chi connectivity index (χ4n) is 1.42. The van der Waals surface area contributed by atoms with E-state index in [4.69, 9.17) is 4.74 Å². The van der Waals surface area contributed by atoms with Gasteiger partial charge in [-0.15, -0.1) is 0 Å². The molecular weight excluding hydrogens is 330 g/mol. The Bertz CT molecular complexity index is 485. The highest BCUT2D eigenvalue weighted by atomic mass is 79.9. The molecule has 2 rings (SSSR count). The van der Waals surface area contributed by atoms with E-state index in [9.17, 15) is 9.59 Å². The standard InChI is InChI=1S/C9H5Br2NO3/c1-15-8-4(11)2-3(10)6-5(8)7(13)9(14)12-6/h2H,1H3,(H,12,13,14). The topological polar surface area (TPSA) is 55.4 Å². The minimum absolute atomic E-state index is 0.267. The van der Waals surface area contributed by atoms with Crippen LogP contribution in [0.3, 0.4) is 0 Å². The molecule has 1 amide bonds. The predicted octanol–water partition coefficient (Wildman–Crippen LogP) is 2.35. The number of benzene rings is 1. The van der Waals surface area contributed by atoms with E-state index >= 15 is 0 Å². The molecule has 1 aromatic carbocycles. The quantitative estimate of drug-likeness (QED) is 0.802. The third-order valence-electron chi connectivity index (χ3n) is 2.06. The van der Waals surface area contributed by atoms with Crippen molar-refractivity contribution in [2.75, 3.05) is 12.4 Å². The largest absolute Gasteiger partial charge is 0.495 e. The summed E-state index contributed by atoms with van der Waals surface area (Å²) in [5.74, 6) is -0.845. The summed E-state index contributed by atoms with van der Waals surface area (Å²) < 4.78 is 6.35. The molecule has 0 bridgehead atoms. The number of hydrogen-bond acceptors (Lipinski definition) is 3. The van der Waals surface area contributed by atoms with Gasteiger partial charge in [-0.3, -0.25) is 9.59 Å². The Kier molecular flexibility index (Phi) is 2.56. The van der Waals surface area contributed by atoms with Crippen molar-refractivity contribution >= 4 is 49.2 Å².